The second-order valence-electron chi connectivity index (χ2n) is 4.87. The van der Waals surface area contributed by atoms with Crippen molar-refractivity contribution in [1.29, 1.82) is 0 Å². The molecule has 4 nitrogen and oxygen atoms in total. The van der Waals surface area contributed by atoms with Crippen molar-refractivity contribution in [2.45, 2.75) is 25.9 Å². The van der Waals surface area contributed by atoms with E-state index in [1.165, 1.54) is 0 Å². The van der Waals surface area contributed by atoms with Gasteiger partial charge in [-0.15, -0.1) is 0 Å². The molecular formula is C15H21ClNO3-. The van der Waals surface area contributed by atoms with E-state index >= 15 is 0 Å². The van der Waals surface area contributed by atoms with Crippen LogP contribution in [-0.2, 0) is 4.74 Å². The third-order valence-electron chi connectivity index (χ3n) is 3.34. The van der Waals surface area contributed by atoms with E-state index in [0.717, 1.165) is 31.7 Å². The molecule has 1 aliphatic heterocycles. The van der Waals surface area contributed by atoms with Crippen LogP contribution in [0.4, 0.5) is 0 Å². The normalized spacial score (nSPS) is 16.3. The van der Waals surface area contributed by atoms with E-state index in [0.29, 0.717) is 12.2 Å². The standard InChI is InChI=1S/C15H21NO3.ClH/c1-3-18-13-6-4-12(5-7-13)15(17)19-14-8-10-16(2)11-9-14;/h4-7,14H,3,8-11H2,1-2H3;1H/p-1. The molecule has 0 unspecified atom stereocenters. The fourth-order valence-corrected chi connectivity index (χ4v) is 2.18. The monoisotopic (exact) mass is 298 g/mol. The van der Waals surface area contributed by atoms with Crippen LogP contribution in [0.1, 0.15) is 30.1 Å². The first-order valence-electron chi connectivity index (χ1n) is 6.81. The Morgan fingerprint density at radius 1 is 1.25 bits per heavy atom. The number of halogens is 1. The van der Waals surface area contributed by atoms with Gasteiger partial charge in [0.1, 0.15) is 11.9 Å². The topological polar surface area (TPSA) is 38.8 Å². The zero-order valence-corrected chi connectivity index (χ0v) is 12.7. The van der Waals surface area contributed by atoms with E-state index in [1.54, 1.807) is 24.3 Å². The highest BCUT2D eigenvalue weighted by molar-refractivity contribution is 5.89. The molecule has 0 spiro atoms. The van der Waals surface area contributed by atoms with E-state index in [9.17, 15) is 4.79 Å². The second kappa shape index (κ2) is 8.12. The molecule has 0 aromatic heterocycles. The Morgan fingerprint density at radius 3 is 2.40 bits per heavy atom. The zero-order chi connectivity index (χ0) is 13.7. The van der Waals surface area contributed by atoms with Crippen molar-refractivity contribution in [2.24, 2.45) is 0 Å². The summed E-state index contributed by atoms with van der Waals surface area (Å²) in [6.45, 7) is 4.53. The number of likely N-dealkylation sites (tertiary alicyclic amines) is 1. The fourth-order valence-electron chi connectivity index (χ4n) is 2.18. The molecule has 5 heteroatoms. The average Bonchev–Trinajstić information content (AvgIpc) is 2.42. The predicted octanol–water partition coefficient (Wildman–Crippen LogP) is -0.660. The first kappa shape index (κ1) is 16.8. The van der Waals surface area contributed by atoms with Crippen LogP contribution in [0.15, 0.2) is 24.3 Å². The molecule has 1 aliphatic rings. The molecule has 0 aliphatic carbocycles. The summed E-state index contributed by atoms with van der Waals surface area (Å²) in [6, 6.07) is 7.11. The molecule has 1 heterocycles. The van der Waals surface area contributed by atoms with Gasteiger partial charge in [0, 0.05) is 13.1 Å². The summed E-state index contributed by atoms with van der Waals surface area (Å²) in [4.78, 5) is 14.2. The summed E-state index contributed by atoms with van der Waals surface area (Å²) in [7, 11) is 2.09. The number of hydrogen-bond donors (Lipinski definition) is 0. The number of hydrogen-bond acceptors (Lipinski definition) is 4. The Hall–Kier alpha value is -1.26. The van der Waals surface area contributed by atoms with Crippen molar-refractivity contribution >= 4 is 5.97 Å². The maximum Gasteiger partial charge on any atom is 0.338 e. The van der Waals surface area contributed by atoms with Crippen LogP contribution < -0.4 is 17.1 Å². The first-order chi connectivity index (χ1) is 9.19. The highest BCUT2D eigenvalue weighted by Gasteiger charge is 2.20. The SMILES string of the molecule is CCOc1ccc(C(=O)OC2CCN(C)CC2)cc1.[Cl-]. The largest absolute Gasteiger partial charge is 1.00 e. The van der Waals surface area contributed by atoms with Crippen molar-refractivity contribution in [3.63, 3.8) is 0 Å². The minimum Gasteiger partial charge on any atom is -1.00 e. The van der Waals surface area contributed by atoms with Gasteiger partial charge in [-0.2, -0.15) is 0 Å². The first-order valence-corrected chi connectivity index (χ1v) is 6.81. The van der Waals surface area contributed by atoms with Gasteiger partial charge in [-0.25, -0.2) is 4.79 Å². The molecule has 20 heavy (non-hydrogen) atoms. The van der Waals surface area contributed by atoms with Crippen LogP contribution in [0.3, 0.4) is 0 Å². The Kier molecular flexibility index (Phi) is 6.82. The van der Waals surface area contributed by atoms with E-state index in [-0.39, 0.29) is 24.5 Å². The predicted molar refractivity (Wildman–Crippen MR) is 73.5 cm³/mol. The minimum atomic E-state index is -0.238. The third-order valence-corrected chi connectivity index (χ3v) is 3.34. The summed E-state index contributed by atoms with van der Waals surface area (Å²) in [5.74, 6) is 0.538. The van der Waals surface area contributed by atoms with Crippen LogP contribution in [0.5, 0.6) is 5.75 Å². The van der Waals surface area contributed by atoms with Crippen molar-refractivity contribution < 1.29 is 26.7 Å². The molecule has 0 amide bonds. The number of carbonyl (C=O) groups excluding carboxylic acids is 1. The number of benzene rings is 1. The number of rotatable bonds is 4. The highest BCUT2D eigenvalue weighted by Crippen LogP contribution is 2.17. The Balaban J connectivity index is 0.00000200. The van der Waals surface area contributed by atoms with Gasteiger partial charge in [-0.3, -0.25) is 0 Å². The van der Waals surface area contributed by atoms with Crippen molar-refractivity contribution in [1.82, 2.24) is 4.90 Å². The average molecular weight is 299 g/mol. The lowest BCUT2D eigenvalue weighted by atomic mass is 10.1. The van der Waals surface area contributed by atoms with Gasteiger partial charge in [0.05, 0.1) is 12.2 Å². The summed E-state index contributed by atoms with van der Waals surface area (Å²) in [6.07, 6.45) is 1.88. The van der Waals surface area contributed by atoms with E-state index in [2.05, 4.69) is 11.9 Å². The molecule has 0 N–H and O–H groups in total. The van der Waals surface area contributed by atoms with Gasteiger partial charge in [0.15, 0.2) is 0 Å². The molecule has 0 bridgehead atoms. The van der Waals surface area contributed by atoms with E-state index in [1.807, 2.05) is 6.92 Å². The Morgan fingerprint density at radius 2 is 1.85 bits per heavy atom. The van der Waals surface area contributed by atoms with Gasteiger partial charge in [0.25, 0.3) is 0 Å². The molecule has 0 atom stereocenters. The second-order valence-corrected chi connectivity index (χ2v) is 4.87. The fraction of sp³-hybridized carbons (Fsp3) is 0.533. The van der Waals surface area contributed by atoms with E-state index in [4.69, 9.17) is 9.47 Å². The van der Waals surface area contributed by atoms with E-state index < -0.39 is 0 Å². The van der Waals surface area contributed by atoms with Gasteiger partial charge in [-0.05, 0) is 51.1 Å². The van der Waals surface area contributed by atoms with Crippen LogP contribution >= 0.6 is 0 Å². The Bertz CT molecular complexity index is 414. The van der Waals surface area contributed by atoms with Gasteiger partial charge in [0.2, 0.25) is 0 Å². The number of carbonyl (C=O) groups is 1. The molecular weight excluding hydrogens is 278 g/mol. The molecule has 112 valence electrons. The molecule has 1 saturated heterocycles. The lowest BCUT2D eigenvalue weighted by molar-refractivity contribution is -0.0000656. The molecule has 1 aromatic rings. The quantitative estimate of drug-likeness (QED) is 0.692. The summed E-state index contributed by atoms with van der Waals surface area (Å²) < 4.78 is 10.9. The zero-order valence-electron chi connectivity index (χ0n) is 12.0. The molecule has 0 radical (unpaired) electrons. The molecule has 1 fully saturated rings. The number of esters is 1. The maximum atomic E-state index is 12.0. The molecule has 2 rings (SSSR count). The van der Waals surface area contributed by atoms with Gasteiger partial charge in [-0.1, -0.05) is 0 Å². The van der Waals surface area contributed by atoms with Crippen LogP contribution in [-0.4, -0.2) is 43.7 Å². The van der Waals surface area contributed by atoms with Crippen molar-refractivity contribution in [3.8, 4) is 5.75 Å². The molecule has 1 aromatic carbocycles. The molecule has 0 saturated carbocycles. The summed E-state index contributed by atoms with van der Waals surface area (Å²) >= 11 is 0. The minimum absolute atomic E-state index is 0. The van der Waals surface area contributed by atoms with Crippen molar-refractivity contribution in [3.05, 3.63) is 29.8 Å². The number of nitrogens with zero attached hydrogens (tertiary/aromatic N) is 1. The lowest BCUT2D eigenvalue weighted by Crippen LogP contribution is -3.00. The van der Waals surface area contributed by atoms with Crippen LogP contribution in [0.25, 0.3) is 0 Å². The third kappa shape index (κ3) is 4.69. The number of ether oxygens (including phenoxy) is 2. The van der Waals surface area contributed by atoms with Crippen molar-refractivity contribution in [2.75, 3.05) is 26.7 Å². The maximum absolute atomic E-state index is 12.0. The summed E-state index contributed by atoms with van der Waals surface area (Å²) in [5.41, 5.74) is 0.586. The van der Waals surface area contributed by atoms with Gasteiger partial charge < -0.3 is 26.8 Å². The highest BCUT2D eigenvalue weighted by atomic mass is 35.5. The lowest BCUT2D eigenvalue weighted by Gasteiger charge is -2.28. The summed E-state index contributed by atoms with van der Waals surface area (Å²) in [5, 5.41) is 0. The van der Waals surface area contributed by atoms with Crippen LogP contribution in [0, 0.1) is 0 Å². The number of piperidine rings is 1. The van der Waals surface area contributed by atoms with Gasteiger partial charge >= 0.3 is 5.97 Å². The smallest absolute Gasteiger partial charge is 0.338 e. The van der Waals surface area contributed by atoms with Crippen LogP contribution in [0.2, 0.25) is 0 Å². The Labute approximate surface area is 126 Å².